The van der Waals surface area contributed by atoms with E-state index >= 15 is 0 Å². The van der Waals surface area contributed by atoms with Crippen LogP contribution in [0.5, 0.6) is 0 Å². The fourth-order valence-corrected chi connectivity index (χ4v) is 2.34. The fourth-order valence-electron chi connectivity index (χ4n) is 2.34. The first kappa shape index (κ1) is 17.6. The normalized spacial score (nSPS) is 13.0. The number of benzene rings is 1. The SMILES string of the molecule is CCC[C@H](NC(=O)c1ccc([N+](=O)[O-])cc1)[C@@H](C#N)CCC. The average Bonchev–Trinajstić information content (AvgIpc) is 2.52. The van der Waals surface area contributed by atoms with Crippen molar-refractivity contribution in [3.63, 3.8) is 0 Å². The van der Waals surface area contributed by atoms with Crippen LogP contribution in [0.2, 0.25) is 0 Å². The Hall–Kier alpha value is -2.42. The van der Waals surface area contributed by atoms with Gasteiger partial charge in [0.15, 0.2) is 0 Å². The van der Waals surface area contributed by atoms with Gasteiger partial charge in [-0.05, 0) is 25.0 Å². The van der Waals surface area contributed by atoms with Crippen molar-refractivity contribution in [3.8, 4) is 6.07 Å². The van der Waals surface area contributed by atoms with Gasteiger partial charge in [-0.1, -0.05) is 26.7 Å². The van der Waals surface area contributed by atoms with Gasteiger partial charge in [-0.15, -0.1) is 0 Å². The Morgan fingerprint density at radius 1 is 1.27 bits per heavy atom. The Morgan fingerprint density at radius 3 is 2.32 bits per heavy atom. The van der Waals surface area contributed by atoms with Crippen molar-refractivity contribution < 1.29 is 9.72 Å². The molecule has 0 aromatic heterocycles. The number of nitro groups is 1. The van der Waals surface area contributed by atoms with Crippen LogP contribution in [-0.2, 0) is 0 Å². The number of hydrogen-bond donors (Lipinski definition) is 1. The lowest BCUT2D eigenvalue weighted by atomic mass is 9.92. The first-order valence-corrected chi connectivity index (χ1v) is 7.48. The third-order valence-corrected chi connectivity index (χ3v) is 3.51. The zero-order valence-corrected chi connectivity index (χ0v) is 12.9. The van der Waals surface area contributed by atoms with E-state index in [-0.39, 0.29) is 23.6 Å². The number of nitrogens with one attached hydrogen (secondary N) is 1. The van der Waals surface area contributed by atoms with Gasteiger partial charge in [-0.2, -0.15) is 5.26 Å². The number of nitrogens with zero attached hydrogens (tertiary/aromatic N) is 2. The van der Waals surface area contributed by atoms with Gasteiger partial charge in [0.25, 0.3) is 11.6 Å². The van der Waals surface area contributed by atoms with Gasteiger partial charge in [0.2, 0.25) is 0 Å². The van der Waals surface area contributed by atoms with Gasteiger partial charge < -0.3 is 5.32 Å². The standard InChI is InChI=1S/C16H21N3O3/c1-3-5-13(11-17)15(6-4-2)18-16(20)12-7-9-14(10-8-12)19(21)22/h7-10,13,15H,3-6H2,1-2H3,(H,18,20)/t13-,15+/m1/s1. The van der Waals surface area contributed by atoms with Crippen LogP contribution in [0.4, 0.5) is 5.69 Å². The molecule has 0 aliphatic rings. The summed E-state index contributed by atoms with van der Waals surface area (Å²) in [5.74, 6) is -0.517. The van der Waals surface area contributed by atoms with Gasteiger partial charge in [-0.25, -0.2) is 0 Å². The summed E-state index contributed by atoms with van der Waals surface area (Å²) in [6.07, 6.45) is 3.22. The van der Waals surface area contributed by atoms with Crippen LogP contribution < -0.4 is 5.32 Å². The number of nitriles is 1. The molecular formula is C16H21N3O3. The number of carbonyl (C=O) groups is 1. The van der Waals surface area contributed by atoms with Crippen LogP contribution in [0.3, 0.4) is 0 Å². The van der Waals surface area contributed by atoms with Crippen LogP contribution in [0, 0.1) is 27.4 Å². The Kier molecular flexibility index (Phi) is 7.03. The number of carbonyl (C=O) groups excluding carboxylic acids is 1. The minimum atomic E-state index is -0.505. The van der Waals surface area contributed by atoms with Crippen molar-refractivity contribution in [2.24, 2.45) is 5.92 Å². The van der Waals surface area contributed by atoms with Crippen molar-refractivity contribution in [3.05, 3.63) is 39.9 Å². The van der Waals surface area contributed by atoms with Crippen LogP contribution in [0.25, 0.3) is 0 Å². The number of hydrogen-bond acceptors (Lipinski definition) is 4. The molecule has 0 saturated heterocycles. The van der Waals surface area contributed by atoms with Crippen molar-refractivity contribution in [1.29, 1.82) is 5.26 Å². The maximum Gasteiger partial charge on any atom is 0.269 e. The lowest BCUT2D eigenvalue weighted by Gasteiger charge is -2.22. The lowest BCUT2D eigenvalue weighted by molar-refractivity contribution is -0.384. The van der Waals surface area contributed by atoms with E-state index in [1.807, 2.05) is 13.8 Å². The van der Waals surface area contributed by atoms with E-state index in [4.69, 9.17) is 0 Å². The molecule has 0 unspecified atom stereocenters. The molecule has 0 saturated carbocycles. The summed E-state index contributed by atoms with van der Waals surface area (Å²) in [6.45, 7) is 4.01. The topological polar surface area (TPSA) is 96.0 Å². The Bertz CT molecular complexity index is 549. The minimum absolute atomic E-state index is 0.0532. The highest BCUT2D eigenvalue weighted by Crippen LogP contribution is 2.17. The second-order valence-electron chi connectivity index (χ2n) is 5.20. The molecule has 0 aliphatic carbocycles. The monoisotopic (exact) mass is 303 g/mol. The molecule has 2 atom stereocenters. The summed E-state index contributed by atoms with van der Waals surface area (Å²) >= 11 is 0. The van der Waals surface area contributed by atoms with Gasteiger partial charge >= 0.3 is 0 Å². The smallest absolute Gasteiger partial charge is 0.269 e. The van der Waals surface area contributed by atoms with Crippen molar-refractivity contribution in [1.82, 2.24) is 5.32 Å². The van der Waals surface area contributed by atoms with E-state index in [9.17, 15) is 20.2 Å². The van der Waals surface area contributed by atoms with Crippen molar-refractivity contribution >= 4 is 11.6 Å². The molecule has 0 heterocycles. The van der Waals surface area contributed by atoms with E-state index in [0.717, 1.165) is 25.7 Å². The van der Waals surface area contributed by atoms with Crippen LogP contribution >= 0.6 is 0 Å². The summed E-state index contributed by atoms with van der Waals surface area (Å²) in [5, 5.41) is 22.8. The molecular weight excluding hydrogens is 282 g/mol. The molecule has 1 N–H and O–H groups in total. The number of nitro benzene ring substituents is 1. The number of non-ortho nitro benzene ring substituents is 1. The predicted molar refractivity (Wildman–Crippen MR) is 83.3 cm³/mol. The maximum atomic E-state index is 12.2. The molecule has 1 aromatic rings. The van der Waals surface area contributed by atoms with Gasteiger partial charge in [0, 0.05) is 23.7 Å². The van der Waals surface area contributed by atoms with Crippen molar-refractivity contribution in [2.45, 2.75) is 45.6 Å². The molecule has 118 valence electrons. The second kappa shape index (κ2) is 8.78. The fraction of sp³-hybridized carbons (Fsp3) is 0.500. The van der Waals surface area contributed by atoms with Gasteiger partial charge in [0.1, 0.15) is 0 Å². The molecule has 0 bridgehead atoms. The quantitative estimate of drug-likeness (QED) is 0.587. The largest absolute Gasteiger partial charge is 0.348 e. The minimum Gasteiger partial charge on any atom is -0.348 e. The molecule has 1 amide bonds. The second-order valence-corrected chi connectivity index (χ2v) is 5.20. The maximum absolute atomic E-state index is 12.2. The zero-order chi connectivity index (χ0) is 16.5. The Labute approximate surface area is 130 Å². The Balaban J connectivity index is 2.82. The van der Waals surface area contributed by atoms with E-state index in [1.54, 1.807) is 0 Å². The van der Waals surface area contributed by atoms with Gasteiger partial charge in [-0.3, -0.25) is 14.9 Å². The summed E-state index contributed by atoms with van der Waals surface area (Å²) < 4.78 is 0. The van der Waals surface area contributed by atoms with E-state index in [1.165, 1.54) is 24.3 Å². The first-order chi connectivity index (χ1) is 10.5. The van der Waals surface area contributed by atoms with E-state index < -0.39 is 4.92 Å². The van der Waals surface area contributed by atoms with Crippen LogP contribution in [-0.4, -0.2) is 16.9 Å². The lowest BCUT2D eigenvalue weighted by Crippen LogP contribution is -2.39. The third-order valence-electron chi connectivity index (χ3n) is 3.51. The number of amides is 1. The molecule has 0 spiro atoms. The highest BCUT2D eigenvalue weighted by molar-refractivity contribution is 5.94. The molecule has 1 aromatic carbocycles. The summed E-state index contributed by atoms with van der Waals surface area (Å²) in [6, 6.07) is 7.53. The highest BCUT2D eigenvalue weighted by Gasteiger charge is 2.22. The van der Waals surface area contributed by atoms with E-state index in [0.29, 0.717) is 5.56 Å². The number of rotatable bonds is 8. The predicted octanol–water partition coefficient (Wildman–Crippen LogP) is 3.43. The molecule has 0 aliphatic heterocycles. The van der Waals surface area contributed by atoms with Crippen LogP contribution in [0.15, 0.2) is 24.3 Å². The van der Waals surface area contributed by atoms with Gasteiger partial charge in [0.05, 0.1) is 16.9 Å². The molecule has 1 rings (SSSR count). The summed E-state index contributed by atoms with van der Waals surface area (Å²) in [4.78, 5) is 22.4. The van der Waals surface area contributed by atoms with E-state index in [2.05, 4.69) is 11.4 Å². The van der Waals surface area contributed by atoms with Crippen LogP contribution in [0.1, 0.15) is 49.9 Å². The third kappa shape index (κ3) is 4.85. The molecule has 22 heavy (non-hydrogen) atoms. The molecule has 0 radical (unpaired) electrons. The zero-order valence-electron chi connectivity index (χ0n) is 12.9. The average molecular weight is 303 g/mol. The molecule has 6 nitrogen and oxygen atoms in total. The Morgan fingerprint density at radius 2 is 1.86 bits per heavy atom. The summed E-state index contributed by atoms with van der Waals surface area (Å²) in [5.41, 5.74) is 0.308. The molecule has 6 heteroatoms. The first-order valence-electron chi connectivity index (χ1n) is 7.48. The summed E-state index contributed by atoms with van der Waals surface area (Å²) in [7, 11) is 0. The highest BCUT2D eigenvalue weighted by atomic mass is 16.6. The molecule has 0 fully saturated rings. The van der Waals surface area contributed by atoms with Crippen molar-refractivity contribution in [2.75, 3.05) is 0 Å².